The van der Waals surface area contributed by atoms with Gasteiger partial charge < -0.3 is 16.0 Å². The van der Waals surface area contributed by atoms with Crippen LogP contribution in [-0.2, 0) is 0 Å². The first-order valence-electron chi connectivity index (χ1n) is 12.9. The van der Waals surface area contributed by atoms with Gasteiger partial charge in [0.15, 0.2) is 0 Å². The molecule has 1 aromatic heterocycles. The Kier molecular flexibility index (Phi) is 9.90. The highest BCUT2D eigenvalue weighted by Crippen LogP contribution is 2.34. The number of rotatable bonds is 12. The minimum Gasteiger partial charge on any atom is -0.385 e. The highest BCUT2D eigenvalue weighted by atomic mass is 19.3. The molecule has 7 heteroatoms. The number of nitrogens with one attached hydrogen (secondary N) is 4. The largest absolute Gasteiger partial charge is 0.385 e. The number of pyridine rings is 1. The maximum absolute atomic E-state index is 14.2. The van der Waals surface area contributed by atoms with E-state index in [9.17, 15) is 8.78 Å². The molecule has 2 aromatic rings. The first kappa shape index (κ1) is 26.9. The van der Waals surface area contributed by atoms with Crippen molar-refractivity contribution in [2.75, 3.05) is 13.6 Å². The summed E-state index contributed by atoms with van der Waals surface area (Å²) in [5, 5.41) is 24.9. The zero-order chi connectivity index (χ0) is 25.4. The van der Waals surface area contributed by atoms with Crippen molar-refractivity contribution >= 4 is 22.7 Å². The highest BCUT2D eigenvalue weighted by molar-refractivity contribution is 6.17. The van der Waals surface area contributed by atoms with Crippen molar-refractivity contribution in [3.05, 3.63) is 52.5 Å². The first-order chi connectivity index (χ1) is 16.9. The molecule has 1 aliphatic rings. The van der Waals surface area contributed by atoms with Gasteiger partial charge in [0.25, 0.3) is 6.43 Å². The van der Waals surface area contributed by atoms with Gasteiger partial charge in [-0.05, 0) is 61.4 Å². The monoisotopic (exact) mass is 483 g/mol. The van der Waals surface area contributed by atoms with Crippen LogP contribution in [-0.4, -0.2) is 36.5 Å². The number of halogens is 2. The van der Waals surface area contributed by atoms with Crippen LogP contribution < -0.4 is 10.6 Å². The standard InChI is InChI=1S/C28H39F2N5/c1-4-9-26(35-20-10-7-6-8-11-20)21(5-2)27(32)25-17-34-16-18-12-22(19(14-31)15-33-3)24(28(29)30)13-23(18)25/h12-14,16-17,19-20,28,31-33,35H,4-11,15H2,1-3H3/b26-21-,31-14?,32-27?. The molecule has 0 radical (unpaired) electrons. The zero-order valence-corrected chi connectivity index (χ0v) is 21.2. The lowest BCUT2D eigenvalue weighted by molar-refractivity contribution is 0.150. The van der Waals surface area contributed by atoms with Gasteiger partial charge in [-0.3, -0.25) is 10.4 Å². The molecule has 1 fully saturated rings. The lowest BCUT2D eigenvalue weighted by Crippen LogP contribution is -2.32. The van der Waals surface area contributed by atoms with Crippen LogP contribution >= 0.6 is 0 Å². The minimum absolute atomic E-state index is 0.0855. The van der Waals surface area contributed by atoms with Crippen LogP contribution in [0.15, 0.2) is 35.8 Å². The van der Waals surface area contributed by atoms with Crippen molar-refractivity contribution in [1.82, 2.24) is 15.6 Å². The molecule has 0 aliphatic heterocycles. The fourth-order valence-corrected chi connectivity index (χ4v) is 5.20. The summed E-state index contributed by atoms with van der Waals surface area (Å²) >= 11 is 0. The van der Waals surface area contributed by atoms with E-state index in [-0.39, 0.29) is 5.56 Å². The van der Waals surface area contributed by atoms with Crippen LogP contribution in [0.4, 0.5) is 8.78 Å². The summed E-state index contributed by atoms with van der Waals surface area (Å²) in [6, 6.07) is 3.66. The van der Waals surface area contributed by atoms with E-state index in [1.165, 1.54) is 31.5 Å². The Morgan fingerprint density at radius 3 is 2.49 bits per heavy atom. The molecule has 1 atom stereocenters. The molecule has 5 nitrogen and oxygen atoms in total. The van der Waals surface area contributed by atoms with Crippen molar-refractivity contribution in [3.63, 3.8) is 0 Å². The van der Waals surface area contributed by atoms with Gasteiger partial charge in [-0.25, -0.2) is 8.78 Å². The molecular weight excluding hydrogens is 444 g/mol. The van der Waals surface area contributed by atoms with Gasteiger partial charge in [-0.2, -0.15) is 0 Å². The molecule has 0 saturated heterocycles. The van der Waals surface area contributed by atoms with E-state index in [4.69, 9.17) is 10.8 Å². The molecule has 0 amide bonds. The topological polar surface area (TPSA) is 84.7 Å². The molecule has 1 unspecified atom stereocenters. The van der Waals surface area contributed by atoms with E-state index in [0.717, 1.165) is 37.0 Å². The lowest BCUT2D eigenvalue weighted by atomic mass is 9.88. The molecule has 4 N–H and O–H groups in total. The third-order valence-electron chi connectivity index (χ3n) is 6.99. The highest BCUT2D eigenvalue weighted by Gasteiger charge is 2.23. The van der Waals surface area contributed by atoms with Crippen molar-refractivity contribution in [2.45, 2.75) is 83.6 Å². The third kappa shape index (κ3) is 6.31. The van der Waals surface area contributed by atoms with E-state index in [1.54, 1.807) is 25.5 Å². The molecule has 35 heavy (non-hydrogen) atoms. The van der Waals surface area contributed by atoms with Gasteiger partial charge >= 0.3 is 0 Å². The summed E-state index contributed by atoms with van der Waals surface area (Å²) in [6.45, 7) is 4.59. The summed E-state index contributed by atoms with van der Waals surface area (Å²) in [7, 11) is 1.74. The Morgan fingerprint density at radius 1 is 1.14 bits per heavy atom. The van der Waals surface area contributed by atoms with Gasteiger partial charge in [-0.1, -0.05) is 39.5 Å². The molecular formula is C28H39F2N5. The normalized spacial score (nSPS) is 16.3. The summed E-state index contributed by atoms with van der Waals surface area (Å²) in [4.78, 5) is 4.37. The average molecular weight is 484 g/mol. The molecule has 1 aromatic carbocycles. The third-order valence-corrected chi connectivity index (χ3v) is 6.99. The molecule has 1 saturated carbocycles. The molecule has 190 valence electrons. The maximum Gasteiger partial charge on any atom is 0.264 e. The minimum atomic E-state index is -2.67. The second kappa shape index (κ2) is 12.9. The predicted octanol–water partition coefficient (Wildman–Crippen LogP) is 6.88. The number of likely N-dealkylation sites (N-methyl/N-ethyl adjacent to an activating group) is 1. The van der Waals surface area contributed by atoms with Crippen LogP contribution in [0, 0.1) is 10.8 Å². The maximum atomic E-state index is 14.2. The number of hydrogen-bond donors (Lipinski definition) is 4. The van der Waals surface area contributed by atoms with Crippen LogP contribution in [0.3, 0.4) is 0 Å². The molecule has 1 heterocycles. The smallest absolute Gasteiger partial charge is 0.264 e. The van der Waals surface area contributed by atoms with Crippen LogP contribution in [0.5, 0.6) is 0 Å². The predicted molar refractivity (Wildman–Crippen MR) is 141 cm³/mol. The number of allylic oxidation sites excluding steroid dienone is 2. The van der Waals surface area contributed by atoms with Gasteiger partial charge in [0.05, 0.1) is 5.71 Å². The zero-order valence-electron chi connectivity index (χ0n) is 21.2. The van der Waals surface area contributed by atoms with Gasteiger partial charge in [0.1, 0.15) is 0 Å². The molecule has 1 aliphatic carbocycles. The van der Waals surface area contributed by atoms with Gasteiger partial charge in [-0.15, -0.1) is 0 Å². The van der Waals surface area contributed by atoms with Crippen molar-refractivity contribution in [2.24, 2.45) is 0 Å². The Balaban J connectivity index is 2.10. The van der Waals surface area contributed by atoms with Crippen LogP contribution in [0.2, 0.25) is 0 Å². The number of fused-ring (bicyclic) bond motifs is 1. The fraction of sp³-hybridized carbons (Fsp3) is 0.536. The molecule has 0 bridgehead atoms. The summed E-state index contributed by atoms with van der Waals surface area (Å²) in [5.41, 5.74) is 3.31. The van der Waals surface area contributed by atoms with E-state index < -0.39 is 12.3 Å². The van der Waals surface area contributed by atoms with E-state index in [0.29, 0.717) is 46.6 Å². The second-order valence-corrected chi connectivity index (χ2v) is 9.44. The summed E-state index contributed by atoms with van der Waals surface area (Å²) in [5.74, 6) is -0.460. The second-order valence-electron chi connectivity index (χ2n) is 9.44. The number of benzene rings is 1. The number of nitrogens with zero attached hydrogens (tertiary/aromatic N) is 1. The van der Waals surface area contributed by atoms with E-state index >= 15 is 0 Å². The lowest BCUT2D eigenvalue weighted by Gasteiger charge is -2.27. The van der Waals surface area contributed by atoms with Crippen LogP contribution in [0.25, 0.3) is 10.8 Å². The Morgan fingerprint density at radius 2 is 1.89 bits per heavy atom. The molecule has 0 spiro atoms. The first-order valence-corrected chi connectivity index (χ1v) is 12.9. The quantitative estimate of drug-likeness (QED) is 0.248. The Labute approximate surface area is 207 Å². The summed E-state index contributed by atoms with van der Waals surface area (Å²) < 4.78 is 28.3. The number of alkyl halides is 2. The number of hydrogen-bond acceptors (Lipinski definition) is 5. The fourth-order valence-electron chi connectivity index (χ4n) is 5.20. The SMILES string of the molecule is CCC/C(NC1CCCCC1)=C(\CC)C(=N)c1cncc2cc(C(C=N)CNC)c(C(F)F)cc12. The Bertz CT molecular complexity index is 1060. The summed E-state index contributed by atoms with van der Waals surface area (Å²) in [6.07, 6.45) is 10.4. The Hall–Kier alpha value is -2.67. The van der Waals surface area contributed by atoms with E-state index in [1.807, 2.05) is 0 Å². The van der Waals surface area contributed by atoms with Crippen molar-refractivity contribution in [3.8, 4) is 0 Å². The van der Waals surface area contributed by atoms with Crippen molar-refractivity contribution in [1.29, 1.82) is 10.8 Å². The number of aromatic nitrogens is 1. The molecule has 3 rings (SSSR count). The van der Waals surface area contributed by atoms with Gasteiger partial charge in [0.2, 0.25) is 0 Å². The van der Waals surface area contributed by atoms with Gasteiger partial charge in [0, 0.05) is 59.3 Å². The van der Waals surface area contributed by atoms with Crippen molar-refractivity contribution < 1.29 is 8.78 Å². The van der Waals surface area contributed by atoms with E-state index in [2.05, 4.69) is 29.5 Å². The van der Waals surface area contributed by atoms with Crippen LogP contribution in [0.1, 0.15) is 94.2 Å². The average Bonchev–Trinajstić information content (AvgIpc) is 2.87.